The molecular formula is C10H9F6NO. The van der Waals surface area contributed by atoms with E-state index < -0.39 is 24.7 Å². The van der Waals surface area contributed by atoms with Crippen LogP contribution >= 0.6 is 0 Å². The first-order chi connectivity index (χ1) is 8.20. The largest absolute Gasteiger partial charge is 0.522 e. The number of para-hydroxylation sites is 1. The van der Waals surface area contributed by atoms with Gasteiger partial charge >= 0.3 is 12.5 Å². The zero-order chi connectivity index (χ0) is 13.8. The molecular weight excluding hydrogens is 264 g/mol. The quantitative estimate of drug-likeness (QED) is 0.667. The second-order valence-corrected chi connectivity index (χ2v) is 3.26. The lowest BCUT2D eigenvalue weighted by atomic mass is 10.1. The molecule has 102 valence electrons. The van der Waals surface area contributed by atoms with Crippen LogP contribution in [0.2, 0.25) is 0 Å². The van der Waals surface area contributed by atoms with Crippen molar-refractivity contribution in [1.29, 1.82) is 0 Å². The van der Waals surface area contributed by atoms with Crippen molar-refractivity contribution in [1.82, 2.24) is 0 Å². The topological polar surface area (TPSA) is 21.3 Å². The van der Waals surface area contributed by atoms with Gasteiger partial charge in [0, 0.05) is 12.2 Å². The van der Waals surface area contributed by atoms with Crippen LogP contribution in [-0.2, 0) is 10.9 Å². The molecule has 0 amide bonds. The van der Waals surface area contributed by atoms with Gasteiger partial charge in [-0.3, -0.25) is 4.74 Å². The SMILES string of the molecule is FC(F)(F)OCCNc1ccccc1C(F)(F)F. The van der Waals surface area contributed by atoms with Crippen LogP contribution in [0.3, 0.4) is 0 Å². The number of ether oxygens (including phenoxy) is 1. The fraction of sp³-hybridized carbons (Fsp3) is 0.400. The number of halogens is 6. The Morgan fingerprint density at radius 1 is 1.00 bits per heavy atom. The molecule has 1 N–H and O–H groups in total. The molecule has 0 heterocycles. The van der Waals surface area contributed by atoms with E-state index in [-0.39, 0.29) is 12.2 Å². The van der Waals surface area contributed by atoms with Crippen molar-refractivity contribution < 1.29 is 31.1 Å². The molecule has 1 aromatic rings. The minimum atomic E-state index is -4.79. The van der Waals surface area contributed by atoms with Crippen molar-refractivity contribution in [3.63, 3.8) is 0 Å². The molecule has 8 heteroatoms. The molecule has 18 heavy (non-hydrogen) atoms. The van der Waals surface area contributed by atoms with Crippen LogP contribution in [0.25, 0.3) is 0 Å². The van der Waals surface area contributed by atoms with Crippen molar-refractivity contribution >= 4 is 5.69 Å². The molecule has 0 aliphatic heterocycles. The smallest absolute Gasteiger partial charge is 0.382 e. The number of nitrogens with one attached hydrogen (secondary N) is 1. The number of rotatable bonds is 4. The van der Waals surface area contributed by atoms with Gasteiger partial charge in [-0.1, -0.05) is 12.1 Å². The van der Waals surface area contributed by atoms with E-state index in [4.69, 9.17) is 0 Å². The molecule has 0 saturated carbocycles. The van der Waals surface area contributed by atoms with E-state index in [0.29, 0.717) is 0 Å². The standard InChI is InChI=1S/C10H9F6NO/c11-9(12,13)7-3-1-2-4-8(7)17-5-6-18-10(14,15)16/h1-4,17H,5-6H2. The zero-order valence-corrected chi connectivity index (χ0v) is 8.90. The van der Waals surface area contributed by atoms with Crippen LogP contribution in [0.5, 0.6) is 0 Å². The lowest BCUT2D eigenvalue weighted by Crippen LogP contribution is -2.20. The summed E-state index contributed by atoms with van der Waals surface area (Å²) in [4.78, 5) is 0. The number of hydrogen-bond donors (Lipinski definition) is 1. The van der Waals surface area contributed by atoms with Gasteiger partial charge in [0.2, 0.25) is 0 Å². The second kappa shape index (κ2) is 5.47. The predicted molar refractivity (Wildman–Crippen MR) is 51.9 cm³/mol. The molecule has 0 aliphatic carbocycles. The van der Waals surface area contributed by atoms with E-state index in [1.54, 1.807) is 0 Å². The first-order valence-corrected chi connectivity index (χ1v) is 4.81. The first kappa shape index (κ1) is 14.6. The fourth-order valence-electron chi connectivity index (χ4n) is 1.24. The Morgan fingerprint density at radius 2 is 1.61 bits per heavy atom. The van der Waals surface area contributed by atoms with Crippen molar-refractivity contribution in [2.24, 2.45) is 0 Å². The maximum absolute atomic E-state index is 12.5. The van der Waals surface area contributed by atoms with Crippen LogP contribution in [-0.4, -0.2) is 19.5 Å². The van der Waals surface area contributed by atoms with Gasteiger partial charge in [0.15, 0.2) is 0 Å². The van der Waals surface area contributed by atoms with E-state index in [0.717, 1.165) is 12.1 Å². The Labute approximate surface area is 98.5 Å². The normalized spacial score (nSPS) is 12.6. The number of anilines is 1. The molecule has 0 aromatic heterocycles. The third-order valence-corrected chi connectivity index (χ3v) is 1.92. The van der Waals surface area contributed by atoms with Gasteiger partial charge in [-0.25, -0.2) is 0 Å². The van der Waals surface area contributed by atoms with Crippen LogP contribution in [0.4, 0.5) is 32.0 Å². The Morgan fingerprint density at radius 3 is 2.17 bits per heavy atom. The highest BCUT2D eigenvalue weighted by atomic mass is 19.4. The number of benzene rings is 1. The maximum atomic E-state index is 12.5. The minimum absolute atomic E-state index is 0.282. The van der Waals surface area contributed by atoms with Crippen molar-refractivity contribution in [2.45, 2.75) is 12.5 Å². The first-order valence-electron chi connectivity index (χ1n) is 4.81. The summed E-state index contributed by atoms with van der Waals surface area (Å²) in [5, 5.41) is 2.25. The molecule has 0 atom stereocenters. The van der Waals surface area contributed by atoms with Crippen LogP contribution in [0, 0.1) is 0 Å². The summed E-state index contributed by atoms with van der Waals surface area (Å²) in [5.41, 5.74) is -1.22. The number of hydrogen-bond acceptors (Lipinski definition) is 2. The van der Waals surface area contributed by atoms with Gasteiger partial charge in [0.25, 0.3) is 0 Å². The summed E-state index contributed by atoms with van der Waals surface area (Å²) in [6.45, 7) is -1.15. The summed E-state index contributed by atoms with van der Waals surface area (Å²) in [6, 6.07) is 4.52. The number of alkyl halides is 6. The molecule has 0 saturated heterocycles. The molecule has 0 aliphatic rings. The van der Waals surface area contributed by atoms with E-state index >= 15 is 0 Å². The molecule has 1 aromatic carbocycles. The van der Waals surface area contributed by atoms with Crippen LogP contribution in [0.1, 0.15) is 5.56 Å². The van der Waals surface area contributed by atoms with Gasteiger partial charge in [-0.15, -0.1) is 13.2 Å². The summed E-state index contributed by atoms with van der Waals surface area (Å²) in [5.74, 6) is 0. The van der Waals surface area contributed by atoms with Crippen molar-refractivity contribution in [3.8, 4) is 0 Å². The van der Waals surface area contributed by atoms with E-state index in [1.807, 2.05) is 0 Å². The predicted octanol–water partition coefficient (Wildman–Crippen LogP) is 3.65. The fourth-order valence-corrected chi connectivity index (χ4v) is 1.24. The van der Waals surface area contributed by atoms with E-state index in [2.05, 4.69) is 10.1 Å². The highest BCUT2D eigenvalue weighted by Gasteiger charge is 2.33. The summed E-state index contributed by atoms with van der Waals surface area (Å²) in [6.07, 6.45) is -9.35. The Balaban J connectivity index is 2.58. The van der Waals surface area contributed by atoms with Crippen LogP contribution in [0.15, 0.2) is 24.3 Å². The second-order valence-electron chi connectivity index (χ2n) is 3.26. The van der Waals surface area contributed by atoms with Gasteiger partial charge in [-0.2, -0.15) is 13.2 Å². The molecule has 0 fully saturated rings. The maximum Gasteiger partial charge on any atom is 0.522 e. The highest BCUT2D eigenvalue weighted by molar-refractivity contribution is 5.52. The highest BCUT2D eigenvalue weighted by Crippen LogP contribution is 2.34. The van der Waals surface area contributed by atoms with Crippen molar-refractivity contribution in [3.05, 3.63) is 29.8 Å². The molecule has 0 spiro atoms. The Bertz CT molecular complexity index is 387. The third-order valence-electron chi connectivity index (χ3n) is 1.92. The summed E-state index contributed by atoms with van der Waals surface area (Å²) < 4.78 is 75.8. The summed E-state index contributed by atoms with van der Waals surface area (Å²) in [7, 11) is 0. The lowest BCUT2D eigenvalue weighted by Gasteiger charge is -2.14. The monoisotopic (exact) mass is 273 g/mol. The zero-order valence-electron chi connectivity index (χ0n) is 8.90. The van der Waals surface area contributed by atoms with E-state index in [9.17, 15) is 26.3 Å². The van der Waals surface area contributed by atoms with Gasteiger partial charge in [0.05, 0.1) is 12.2 Å². The van der Waals surface area contributed by atoms with Crippen molar-refractivity contribution in [2.75, 3.05) is 18.5 Å². The average Bonchev–Trinajstić information content (AvgIpc) is 2.22. The Kier molecular flexibility index (Phi) is 4.44. The van der Waals surface area contributed by atoms with Gasteiger partial charge < -0.3 is 5.32 Å². The van der Waals surface area contributed by atoms with Crippen LogP contribution < -0.4 is 5.32 Å². The molecule has 1 rings (SSSR count). The summed E-state index contributed by atoms with van der Waals surface area (Å²) >= 11 is 0. The molecule has 0 bridgehead atoms. The molecule has 2 nitrogen and oxygen atoms in total. The lowest BCUT2D eigenvalue weighted by molar-refractivity contribution is -0.322. The Hall–Kier alpha value is -1.44. The van der Waals surface area contributed by atoms with Gasteiger partial charge in [-0.05, 0) is 12.1 Å². The van der Waals surface area contributed by atoms with E-state index in [1.165, 1.54) is 12.1 Å². The minimum Gasteiger partial charge on any atom is -0.382 e. The average molecular weight is 273 g/mol. The van der Waals surface area contributed by atoms with Gasteiger partial charge in [0.1, 0.15) is 0 Å². The molecule has 0 unspecified atom stereocenters. The third kappa shape index (κ3) is 4.82. The molecule has 0 radical (unpaired) electrons.